The first-order valence-electron chi connectivity index (χ1n) is 6.82. The van der Waals surface area contributed by atoms with Gasteiger partial charge in [-0.3, -0.25) is 5.73 Å². The zero-order valence-corrected chi connectivity index (χ0v) is 11.9. The molecule has 0 bridgehead atoms. The number of hydrogen-bond donors (Lipinski definition) is 4. The van der Waals surface area contributed by atoms with Gasteiger partial charge in [0.2, 0.25) is 0 Å². The second-order valence-corrected chi connectivity index (χ2v) is 5.16. The van der Waals surface area contributed by atoms with Gasteiger partial charge < -0.3 is 20.8 Å². The molecule has 21 heavy (non-hydrogen) atoms. The summed E-state index contributed by atoms with van der Waals surface area (Å²) in [5, 5.41) is 4.19. The average Bonchev–Trinajstić information content (AvgIpc) is 2.87. The van der Waals surface area contributed by atoms with Crippen LogP contribution in [0.15, 0.2) is 41.7 Å². The van der Waals surface area contributed by atoms with Gasteiger partial charge in [-0.05, 0) is 36.3 Å². The highest BCUT2D eigenvalue weighted by molar-refractivity contribution is 5.92. The van der Waals surface area contributed by atoms with Crippen molar-refractivity contribution in [1.29, 1.82) is 0 Å². The van der Waals surface area contributed by atoms with Crippen LogP contribution in [0.3, 0.4) is 0 Å². The molecule has 0 saturated carbocycles. The summed E-state index contributed by atoms with van der Waals surface area (Å²) >= 11 is 0. The van der Waals surface area contributed by atoms with Gasteiger partial charge in [0.25, 0.3) is 0 Å². The Labute approximate surface area is 122 Å². The minimum Gasteiger partial charge on any atom is -0.497 e. The van der Waals surface area contributed by atoms with E-state index >= 15 is 0 Å². The second-order valence-electron chi connectivity index (χ2n) is 5.16. The van der Waals surface area contributed by atoms with E-state index in [0.29, 0.717) is 12.3 Å². The Bertz CT molecular complexity index is 718. The number of methoxy groups -OCH3 is 1. The molecule has 1 aromatic carbocycles. The molecule has 2 heterocycles. The largest absolute Gasteiger partial charge is 0.497 e. The van der Waals surface area contributed by atoms with Gasteiger partial charge >= 0.3 is 0 Å². The quantitative estimate of drug-likeness (QED) is 0.678. The first-order valence-corrected chi connectivity index (χ1v) is 6.82. The van der Waals surface area contributed by atoms with E-state index in [2.05, 4.69) is 15.3 Å². The van der Waals surface area contributed by atoms with Gasteiger partial charge in [-0.25, -0.2) is 4.99 Å². The molecule has 3 rings (SSSR count). The summed E-state index contributed by atoms with van der Waals surface area (Å²) < 4.78 is 5.28. The van der Waals surface area contributed by atoms with E-state index in [0.717, 1.165) is 23.1 Å². The summed E-state index contributed by atoms with van der Waals surface area (Å²) in [5.74, 6) is 0.435. The molecule has 110 valence electrons. The summed E-state index contributed by atoms with van der Waals surface area (Å²) in [4.78, 5) is 7.52. The molecule has 6 heteroatoms. The highest BCUT2D eigenvalue weighted by Gasteiger charge is 2.24. The summed E-state index contributed by atoms with van der Waals surface area (Å²) in [6, 6.07) is 5.97. The van der Waals surface area contributed by atoms with Gasteiger partial charge in [0, 0.05) is 29.7 Å². The van der Waals surface area contributed by atoms with Gasteiger partial charge in [-0.15, -0.1) is 0 Å². The zero-order chi connectivity index (χ0) is 14.9. The van der Waals surface area contributed by atoms with E-state index in [1.165, 1.54) is 5.56 Å². The zero-order valence-electron chi connectivity index (χ0n) is 11.9. The minimum absolute atomic E-state index is 0.442. The van der Waals surface area contributed by atoms with E-state index in [1.54, 1.807) is 19.4 Å². The fourth-order valence-corrected chi connectivity index (χ4v) is 2.52. The molecule has 6 N–H and O–H groups in total. The standard InChI is InChI=1S/C15H19N5O/c1-21-11-2-3-13-12(8-11)10(9-18-13)4-6-15(17)19-7-5-14(16)20-15/h2-3,5,7-9,18-19H,4,6,17H2,1H3,(H2,16,20). The Morgan fingerprint density at radius 1 is 1.38 bits per heavy atom. The van der Waals surface area contributed by atoms with Crippen molar-refractivity contribution in [2.45, 2.75) is 18.6 Å². The summed E-state index contributed by atoms with van der Waals surface area (Å²) in [5.41, 5.74) is 14.2. The predicted molar refractivity (Wildman–Crippen MR) is 84.0 cm³/mol. The third kappa shape index (κ3) is 2.71. The summed E-state index contributed by atoms with van der Waals surface area (Å²) in [6.45, 7) is 0. The van der Waals surface area contributed by atoms with Crippen molar-refractivity contribution in [2.75, 3.05) is 7.11 Å². The van der Waals surface area contributed by atoms with Gasteiger partial charge in [0.1, 0.15) is 11.6 Å². The molecule has 0 spiro atoms. The molecule has 1 aliphatic heterocycles. The Kier molecular flexibility index (Phi) is 3.31. The third-order valence-electron chi connectivity index (χ3n) is 3.67. The molecular weight excluding hydrogens is 266 g/mol. The number of H-pyrrole nitrogens is 1. The van der Waals surface area contributed by atoms with Crippen molar-refractivity contribution in [3.63, 3.8) is 0 Å². The number of nitrogens with zero attached hydrogens (tertiary/aromatic N) is 1. The van der Waals surface area contributed by atoms with Gasteiger partial charge in [-0.1, -0.05) is 0 Å². The number of aromatic amines is 1. The number of fused-ring (bicyclic) bond motifs is 1. The molecule has 0 aliphatic carbocycles. The number of ether oxygens (including phenoxy) is 1. The number of benzene rings is 1. The Balaban J connectivity index is 1.81. The van der Waals surface area contributed by atoms with Crippen LogP contribution in [-0.4, -0.2) is 23.7 Å². The van der Waals surface area contributed by atoms with Crippen LogP contribution in [0.4, 0.5) is 0 Å². The van der Waals surface area contributed by atoms with Crippen LogP contribution in [0.5, 0.6) is 5.75 Å². The topological polar surface area (TPSA) is 101 Å². The first-order chi connectivity index (χ1) is 10.1. The van der Waals surface area contributed by atoms with Crippen molar-refractivity contribution in [1.82, 2.24) is 10.3 Å². The van der Waals surface area contributed by atoms with Crippen LogP contribution < -0.4 is 21.5 Å². The number of aliphatic imine (C=N–C) groups is 1. The molecule has 1 unspecified atom stereocenters. The number of nitrogens with one attached hydrogen (secondary N) is 2. The second kappa shape index (κ2) is 5.14. The van der Waals surface area contributed by atoms with Gasteiger partial charge in [-0.2, -0.15) is 0 Å². The van der Waals surface area contributed by atoms with Crippen molar-refractivity contribution < 1.29 is 4.74 Å². The van der Waals surface area contributed by atoms with Crippen LogP contribution in [0, 0.1) is 0 Å². The lowest BCUT2D eigenvalue weighted by Crippen LogP contribution is -2.52. The Morgan fingerprint density at radius 3 is 3.00 bits per heavy atom. The van der Waals surface area contributed by atoms with E-state index < -0.39 is 5.79 Å². The molecule has 1 atom stereocenters. The molecule has 1 aromatic heterocycles. The van der Waals surface area contributed by atoms with Crippen LogP contribution in [0.25, 0.3) is 10.9 Å². The Morgan fingerprint density at radius 2 is 2.24 bits per heavy atom. The Hall–Kier alpha value is -2.47. The van der Waals surface area contributed by atoms with Crippen LogP contribution in [0.2, 0.25) is 0 Å². The van der Waals surface area contributed by atoms with E-state index in [4.69, 9.17) is 16.2 Å². The SMILES string of the molecule is COc1ccc2[nH]cc(CCC3(N)N=C(N)C=CN3)c2c1. The maximum absolute atomic E-state index is 6.20. The molecule has 1 aliphatic rings. The van der Waals surface area contributed by atoms with Crippen molar-refractivity contribution in [2.24, 2.45) is 16.5 Å². The number of aryl methyl sites for hydroxylation is 1. The number of amidine groups is 1. The molecule has 0 fully saturated rings. The van der Waals surface area contributed by atoms with Crippen LogP contribution >= 0.6 is 0 Å². The molecule has 0 amide bonds. The van der Waals surface area contributed by atoms with Crippen molar-refractivity contribution in [3.8, 4) is 5.75 Å². The average molecular weight is 285 g/mol. The molecule has 6 nitrogen and oxygen atoms in total. The number of aromatic nitrogens is 1. The maximum atomic E-state index is 6.20. The molecule has 2 aromatic rings. The number of rotatable bonds is 4. The highest BCUT2D eigenvalue weighted by Crippen LogP contribution is 2.25. The smallest absolute Gasteiger partial charge is 0.184 e. The van der Waals surface area contributed by atoms with E-state index in [-0.39, 0.29) is 0 Å². The maximum Gasteiger partial charge on any atom is 0.184 e. The first kappa shape index (κ1) is 13.5. The van der Waals surface area contributed by atoms with Crippen molar-refractivity contribution in [3.05, 3.63) is 42.2 Å². The van der Waals surface area contributed by atoms with Crippen LogP contribution in [-0.2, 0) is 6.42 Å². The number of nitrogens with two attached hydrogens (primary N) is 2. The third-order valence-corrected chi connectivity index (χ3v) is 3.67. The minimum atomic E-state index is -0.846. The lowest BCUT2D eigenvalue weighted by molar-refractivity contribution is 0.364. The van der Waals surface area contributed by atoms with Crippen LogP contribution in [0.1, 0.15) is 12.0 Å². The normalized spacial score (nSPS) is 21.1. The molecular formula is C15H19N5O. The lowest BCUT2D eigenvalue weighted by Gasteiger charge is -2.28. The predicted octanol–water partition coefficient (Wildman–Crippen LogP) is 1.20. The number of hydrogen-bond acceptors (Lipinski definition) is 5. The van der Waals surface area contributed by atoms with Gasteiger partial charge in [0.15, 0.2) is 5.79 Å². The highest BCUT2D eigenvalue weighted by atomic mass is 16.5. The summed E-state index contributed by atoms with van der Waals surface area (Å²) in [6.07, 6.45) is 6.85. The van der Waals surface area contributed by atoms with E-state index in [9.17, 15) is 0 Å². The molecule has 0 radical (unpaired) electrons. The molecule has 0 saturated heterocycles. The monoisotopic (exact) mass is 285 g/mol. The van der Waals surface area contributed by atoms with Gasteiger partial charge in [0.05, 0.1) is 7.11 Å². The fraction of sp³-hybridized carbons (Fsp3) is 0.267. The fourth-order valence-electron chi connectivity index (χ4n) is 2.52. The van der Waals surface area contributed by atoms with E-state index in [1.807, 2.05) is 24.4 Å². The van der Waals surface area contributed by atoms with Crippen molar-refractivity contribution >= 4 is 16.7 Å². The lowest BCUT2D eigenvalue weighted by atomic mass is 10.0. The summed E-state index contributed by atoms with van der Waals surface area (Å²) in [7, 11) is 1.66.